The molecule has 0 saturated carbocycles. The maximum Gasteiger partial charge on any atom is 0.282 e. The average Bonchev–Trinajstić information content (AvgIpc) is 2.74. The SMILES string of the molecule is CN(C)CCn1cc(C(=O)N=C(N)N)c2ccccc21. The van der Waals surface area contributed by atoms with E-state index in [1.807, 2.05) is 49.1 Å². The van der Waals surface area contributed by atoms with E-state index in [1.54, 1.807) is 0 Å². The van der Waals surface area contributed by atoms with E-state index in [9.17, 15) is 4.79 Å². The summed E-state index contributed by atoms with van der Waals surface area (Å²) in [5.41, 5.74) is 12.1. The van der Waals surface area contributed by atoms with Crippen LogP contribution < -0.4 is 11.5 Å². The quantitative estimate of drug-likeness (QED) is 0.631. The summed E-state index contributed by atoms with van der Waals surface area (Å²) in [6, 6.07) is 7.72. The molecule has 106 valence electrons. The second kappa shape index (κ2) is 5.75. The van der Waals surface area contributed by atoms with Gasteiger partial charge in [0, 0.05) is 30.2 Å². The highest BCUT2D eigenvalue weighted by Crippen LogP contribution is 2.22. The van der Waals surface area contributed by atoms with Crippen LogP contribution in [0.25, 0.3) is 10.9 Å². The number of hydrogen-bond acceptors (Lipinski definition) is 2. The molecule has 0 bridgehead atoms. The molecule has 0 fully saturated rings. The van der Waals surface area contributed by atoms with Crippen molar-refractivity contribution in [2.45, 2.75) is 6.54 Å². The van der Waals surface area contributed by atoms with Gasteiger partial charge in [-0.2, -0.15) is 4.99 Å². The van der Waals surface area contributed by atoms with E-state index in [-0.39, 0.29) is 5.96 Å². The van der Waals surface area contributed by atoms with Crippen LogP contribution in [0.3, 0.4) is 0 Å². The number of aromatic nitrogens is 1. The number of guanidine groups is 1. The van der Waals surface area contributed by atoms with Crippen LogP contribution in [-0.4, -0.2) is 42.0 Å². The molecule has 4 N–H and O–H groups in total. The lowest BCUT2D eigenvalue weighted by molar-refractivity contribution is 0.100. The summed E-state index contributed by atoms with van der Waals surface area (Å²) in [7, 11) is 4.02. The Labute approximate surface area is 117 Å². The van der Waals surface area contributed by atoms with Gasteiger partial charge in [-0.15, -0.1) is 0 Å². The largest absolute Gasteiger partial charge is 0.370 e. The van der Waals surface area contributed by atoms with Gasteiger partial charge in [0.25, 0.3) is 5.91 Å². The van der Waals surface area contributed by atoms with Crippen LogP contribution in [-0.2, 0) is 6.54 Å². The van der Waals surface area contributed by atoms with Gasteiger partial charge in [-0.1, -0.05) is 18.2 Å². The minimum absolute atomic E-state index is 0.222. The molecular weight excluding hydrogens is 254 g/mol. The second-order valence-electron chi connectivity index (χ2n) is 4.90. The summed E-state index contributed by atoms with van der Waals surface area (Å²) in [5, 5.41) is 0.862. The summed E-state index contributed by atoms with van der Waals surface area (Å²) in [6.07, 6.45) is 1.81. The van der Waals surface area contributed by atoms with Gasteiger partial charge in [-0.3, -0.25) is 4.79 Å². The first-order chi connectivity index (χ1) is 9.49. The van der Waals surface area contributed by atoms with Crippen LogP contribution in [0.1, 0.15) is 10.4 Å². The van der Waals surface area contributed by atoms with Gasteiger partial charge in [0.2, 0.25) is 0 Å². The van der Waals surface area contributed by atoms with Crippen molar-refractivity contribution in [2.24, 2.45) is 16.5 Å². The molecule has 0 saturated heterocycles. The molecule has 1 aromatic heterocycles. The van der Waals surface area contributed by atoms with Crippen molar-refractivity contribution < 1.29 is 4.79 Å². The first-order valence-corrected chi connectivity index (χ1v) is 6.35. The first kappa shape index (κ1) is 14.1. The predicted octanol–water partition coefficient (Wildman–Crippen LogP) is 0.617. The highest BCUT2D eigenvalue weighted by molar-refractivity contribution is 6.10. The van der Waals surface area contributed by atoms with Crippen LogP contribution in [0.5, 0.6) is 0 Å². The number of carbonyl (C=O) groups is 1. The lowest BCUT2D eigenvalue weighted by atomic mass is 10.2. The van der Waals surface area contributed by atoms with E-state index < -0.39 is 5.91 Å². The zero-order valence-corrected chi connectivity index (χ0v) is 11.7. The Morgan fingerprint density at radius 2 is 2.00 bits per heavy atom. The van der Waals surface area contributed by atoms with Gasteiger partial charge in [0.1, 0.15) is 0 Å². The van der Waals surface area contributed by atoms with E-state index in [4.69, 9.17) is 11.5 Å². The van der Waals surface area contributed by atoms with Crippen LogP contribution in [0, 0.1) is 0 Å². The van der Waals surface area contributed by atoms with Crippen molar-refractivity contribution in [3.05, 3.63) is 36.0 Å². The van der Waals surface area contributed by atoms with E-state index >= 15 is 0 Å². The van der Waals surface area contributed by atoms with Gasteiger partial charge in [0.15, 0.2) is 5.96 Å². The second-order valence-corrected chi connectivity index (χ2v) is 4.90. The monoisotopic (exact) mass is 273 g/mol. The number of aliphatic imine (C=N–C) groups is 1. The number of amides is 1. The minimum atomic E-state index is -0.412. The maximum absolute atomic E-state index is 12.0. The molecule has 0 aliphatic heterocycles. The smallest absolute Gasteiger partial charge is 0.282 e. The maximum atomic E-state index is 12.0. The highest BCUT2D eigenvalue weighted by Gasteiger charge is 2.14. The first-order valence-electron chi connectivity index (χ1n) is 6.35. The van der Waals surface area contributed by atoms with Crippen LogP contribution >= 0.6 is 0 Å². The number of para-hydroxylation sites is 1. The molecule has 2 aromatic rings. The Hall–Kier alpha value is -2.34. The van der Waals surface area contributed by atoms with E-state index in [2.05, 4.69) is 9.89 Å². The molecule has 6 heteroatoms. The Bertz CT molecular complexity index is 653. The third-order valence-electron chi connectivity index (χ3n) is 3.04. The number of benzene rings is 1. The molecule has 2 rings (SSSR count). The molecular formula is C14H19N5O. The number of hydrogen-bond donors (Lipinski definition) is 2. The minimum Gasteiger partial charge on any atom is -0.370 e. The Balaban J connectivity index is 2.45. The number of nitrogens with zero attached hydrogens (tertiary/aromatic N) is 3. The van der Waals surface area contributed by atoms with Crippen LogP contribution in [0.2, 0.25) is 0 Å². The van der Waals surface area contributed by atoms with Crippen molar-refractivity contribution in [3.63, 3.8) is 0 Å². The molecule has 0 radical (unpaired) electrons. The van der Waals surface area contributed by atoms with E-state index in [0.717, 1.165) is 24.0 Å². The third-order valence-corrected chi connectivity index (χ3v) is 3.04. The van der Waals surface area contributed by atoms with Crippen molar-refractivity contribution in [2.75, 3.05) is 20.6 Å². The van der Waals surface area contributed by atoms with Crippen LogP contribution in [0.4, 0.5) is 0 Å². The fourth-order valence-corrected chi connectivity index (χ4v) is 2.09. The van der Waals surface area contributed by atoms with Crippen LogP contribution in [0.15, 0.2) is 35.5 Å². The average molecular weight is 273 g/mol. The molecule has 0 aliphatic carbocycles. The molecule has 0 atom stereocenters. The number of carbonyl (C=O) groups excluding carboxylic acids is 1. The molecule has 1 amide bonds. The lowest BCUT2D eigenvalue weighted by Crippen LogP contribution is -2.24. The van der Waals surface area contributed by atoms with Gasteiger partial charge < -0.3 is 20.9 Å². The fourth-order valence-electron chi connectivity index (χ4n) is 2.09. The highest BCUT2D eigenvalue weighted by atomic mass is 16.1. The molecule has 6 nitrogen and oxygen atoms in total. The summed E-state index contributed by atoms with van der Waals surface area (Å²) < 4.78 is 2.05. The van der Waals surface area contributed by atoms with E-state index in [0.29, 0.717) is 5.56 Å². The zero-order valence-electron chi connectivity index (χ0n) is 11.7. The summed E-state index contributed by atoms with van der Waals surface area (Å²) >= 11 is 0. The number of likely N-dealkylation sites (N-methyl/N-ethyl adjacent to an activating group) is 1. The zero-order chi connectivity index (χ0) is 14.7. The normalized spacial score (nSPS) is 10.9. The Morgan fingerprint density at radius 3 is 2.65 bits per heavy atom. The molecule has 1 aromatic carbocycles. The molecule has 0 unspecified atom stereocenters. The topological polar surface area (TPSA) is 89.6 Å². The Morgan fingerprint density at radius 1 is 1.30 bits per heavy atom. The summed E-state index contributed by atoms with van der Waals surface area (Å²) in [4.78, 5) is 17.8. The molecule has 20 heavy (non-hydrogen) atoms. The van der Waals surface area contributed by atoms with Gasteiger partial charge in [-0.25, -0.2) is 0 Å². The van der Waals surface area contributed by atoms with Crippen molar-refractivity contribution >= 4 is 22.8 Å². The fraction of sp³-hybridized carbons (Fsp3) is 0.286. The van der Waals surface area contributed by atoms with Crippen molar-refractivity contribution in [3.8, 4) is 0 Å². The number of fused-ring (bicyclic) bond motifs is 1. The Kier molecular flexibility index (Phi) is 4.05. The summed E-state index contributed by atoms with van der Waals surface area (Å²) in [6.45, 7) is 1.68. The number of nitrogens with two attached hydrogens (primary N) is 2. The van der Waals surface area contributed by atoms with Gasteiger partial charge >= 0.3 is 0 Å². The standard InChI is InChI=1S/C14H19N5O/c1-18(2)7-8-19-9-11(13(20)17-14(15)16)10-5-3-4-6-12(10)19/h3-6,9H,7-8H2,1-2H3,(H4,15,16,17,20). The molecule has 0 spiro atoms. The number of rotatable bonds is 4. The third kappa shape index (κ3) is 2.97. The van der Waals surface area contributed by atoms with Gasteiger partial charge in [0.05, 0.1) is 5.56 Å². The van der Waals surface area contributed by atoms with Gasteiger partial charge in [-0.05, 0) is 20.2 Å². The molecule has 0 aliphatic rings. The van der Waals surface area contributed by atoms with Crippen molar-refractivity contribution in [1.82, 2.24) is 9.47 Å². The lowest BCUT2D eigenvalue weighted by Gasteiger charge is -2.10. The van der Waals surface area contributed by atoms with Crippen molar-refractivity contribution in [1.29, 1.82) is 0 Å². The predicted molar refractivity (Wildman–Crippen MR) is 80.6 cm³/mol. The van der Waals surface area contributed by atoms with E-state index in [1.165, 1.54) is 0 Å². The summed E-state index contributed by atoms with van der Waals surface area (Å²) in [5.74, 6) is -0.634. The molecule has 1 heterocycles.